The lowest BCUT2D eigenvalue weighted by Crippen LogP contribution is -2.31. The zero-order valence-corrected chi connectivity index (χ0v) is 15.3. The number of fused-ring (bicyclic) bond motifs is 1. The first kappa shape index (κ1) is 19.0. The van der Waals surface area contributed by atoms with Gasteiger partial charge in [0.2, 0.25) is 5.91 Å². The second kappa shape index (κ2) is 6.90. The monoisotopic (exact) mass is 406 g/mol. The van der Waals surface area contributed by atoms with Crippen molar-refractivity contribution in [3.63, 3.8) is 0 Å². The number of carbonyl (C=O) groups is 1. The van der Waals surface area contributed by atoms with E-state index < -0.39 is 18.4 Å². The molecule has 1 amide bonds. The molecule has 29 heavy (non-hydrogen) atoms. The molecule has 0 saturated heterocycles. The van der Waals surface area contributed by atoms with E-state index in [4.69, 9.17) is 0 Å². The highest BCUT2D eigenvalue weighted by Gasteiger charge is 2.30. The van der Waals surface area contributed by atoms with E-state index >= 15 is 0 Å². The van der Waals surface area contributed by atoms with Crippen molar-refractivity contribution in [1.29, 1.82) is 0 Å². The Hall–Kier alpha value is -3.37. The van der Waals surface area contributed by atoms with Crippen molar-refractivity contribution in [1.82, 2.24) is 18.9 Å². The van der Waals surface area contributed by atoms with Crippen LogP contribution < -0.4 is 16.3 Å². The average molecular weight is 406 g/mol. The number of hydrogen-bond acceptors (Lipinski definition) is 5. The molecule has 0 aliphatic heterocycles. The number of rotatable bonds is 5. The predicted octanol–water partition coefficient (Wildman–Crippen LogP) is 2.85. The highest BCUT2D eigenvalue weighted by Crippen LogP contribution is 2.30. The van der Waals surface area contributed by atoms with Gasteiger partial charge in [0.25, 0.3) is 0 Å². The van der Waals surface area contributed by atoms with Crippen molar-refractivity contribution < 1.29 is 18.0 Å². The number of alkyl halides is 3. The van der Waals surface area contributed by atoms with Gasteiger partial charge in [-0.2, -0.15) is 13.2 Å². The maximum absolute atomic E-state index is 12.7. The molecule has 1 aliphatic rings. The summed E-state index contributed by atoms with van der Waals surface area (Å²) in [4.78, 5) is 32.7. The first-order chi connectivity index (χ1) is 13.7. The minimum absolute atomic E-state index is 0.0142. The molecule has 0 radical (unpaired) electrons. The van der Waals surface area contributed by atoms with Crippen molar-refractivity contribution in [3.8, 4) is 0 Å². The van der Waals surface area contributed by atoms with E-state index in [0.29, 0.717) is 16.1 Å². The molecule has 0 spiro atoms. The number of pyridine rings is 1. The highest BCUT2D eigenvalue weighted by atomic mass is 19.4. The third kappa shape index (κ3) is 4.08. The molecule has 0 unspecified atom stereocenters. The third-order valence-corrected chi connectivity index (χ3v) is 4.54. The Labute approximate surface area is 162 Å². The van der Waals surface area contributed by atoms with Gasteiger partial charge in [-0.25, -0.2) is 19.2 Å². The molecule has 0 aromatic carbocycles. The fraction of sp³-hybridized carbons (Fsp3) is 0.333. The molecule has 3 aromatic rings. The lowest BCUT2D eigenvalue weighted by Gasteiger charge is -2.13. The molecule has 152 valence electrons. The largest absolute Gasteiger partial charge is 0.406 e. The first-order valence-electron chi connectivity index (χ1n) is 8.89. The van der Waals surface area contributed by atoms with E-state index in [9.17, 15) is 22.8 Å². The zero-order chi connectivity index (χ0) is 20.8. The number of amides is 1. The standard InChI is InChI=1S/C18H17F3N6O2/c1-10-7-22-13(25-16(28)11-2-3-11)6-12(10)24-15-8-23-14-4-5-26(9-18(19,20)21)17(29)27(14)15/h4-8,11H,2-3,9H2,1H3,(H2,22,24,25,28). The van der Waals surface area contributed by atoms with Crippen molar-refractivity contribution in [2.75, 3.05) is 10.6 Å². The lowest BCUT2D eigenvalue weighted by molar-refractivity contribution is -0.141. The minimum atomic E-state index is -4.53. The Kier molecular flexibility index (Phi) is 4.52. The van der Waals surface area contributed by atoms with Crippen LogP contribution in [0.4, 0.5) is 30.5 Å². The van der Waals surface area contributed by atoms with Gasteiger partial charge in [-0.15, -0.1) is 0 Å². The molecule has 2 N–H and O–H groups in total. The summed E-state index contributed by atoms with van der Waals surface area (Å²) in [6, 6.07) is 2.94. The minimum Gasteiger partial charge on any atom is -0.340 e. The number of nitrogens with zero attached hydrogens (tertiary/aromatic N) is 4. The van der Waals surface area contributed by atoms with Crippen LogP contribution in [0.15, 0.2) is 35.5 Å². The Morgan fingerprint density at radius 3 is 2.72 bits per heavy atom. The quantitative estimate of drug-likeness (QED) is 0.680. The molecule has 3 heterocycles. The maximum Gasteiger partial charge on any atom is 0.406 e. The summed E-state index contributed by atoms with van der Waals surface area (Å²) < 4.78 is 39.8. The van der Waals surface area contributed by atoms with Gasteiger partial charge in [0, 0.05) is 30.1 Å². The normalized spacial score (nSPS) is 14.2. The number of aryl methyl sites for hydroxylation is 1. The summed E-state index contributed by atoms with van der Waals surface area (Å²) in [7, 11) is 0. The topological polar surface area (TPSA) is 93.3 Å². The molecular weight excluding hydrogens is 389 g/mol. The zero-order valence-electron chi connectivity index (χ0n) is 15.3. The van der Waals surface area contributed by atoms with Crippen LogP contribution in [-0.4, -0.2) is 31.0 Å². The summed E-state index contributed by atoms with van der Waals surface area (Å²) in [6.07, 6.45) is 1.16. The average Bonchev–Trinajstić information content (AvgIpc) is 3.41. The number of aromatic nitrogens is 4. The smallest absolute Gasteiger partial charge is 0.340 e. The summed E-state index contributed by atoms with van der Waals surface area (Å²) in [6.45, 7) is 0.373. The van der Waals surface area contributed by atoms with Crippen LogP contribution in [0.2, 0.25) is 0 Å². The highest BCUT2D eigenvalue weighted by molar-refractivity contribution is 5.93. The molecule has 1 aliphatic carbocycles. The van der Waals surface area contributed by atoms with E-state index in [2.05, 4.69) is 20.6 Å². The molecule has 4 rings (SSSR count). The van der Waals surface area contributed by atoms with E-state index in [0.717, 1.165) is 29.0 Å². The molecule has 0 atom stereocenters. The third-order valence-electron chi connectivity index (χ3n) is 4.54. The van der Waals surface area contributed by atoms with Gasteiger partial charge in [0.1, 0.15) is 23.8 Å². The number of nitrogens with one attached hydrogen (secondary N) is 2. The maximum atomic E-state index is 12.7. The summed E-state index contributed by atoms with van der Waals surface area (Å²) in [5.41, 5.74) is 0.605. The summed E-state index contributed by atoms with van der Waals surface area (Å²) >= 11 is 0. The second-order valence-electron chi connectivity index (χ2n) is 6.95. The van der Waals surface area contributed by atoms with Gasteiger partial charge in [-0.1, -0.05) is 0 Å². The summed E-state index contributed by atoms with van der Waals surface area (Å²) in [5, 5.41) is 5.73. The Morgan fingerprint density at radius 2 is 2.03 bits per heavy atom. The number of anilines is 3. The van der Waals surface area contributed by atoms with Gasteiger partial charge in [0.15, 0.2) is 0 Å². The van der Waals surface area contributed by atoms with E-state index in [-0.39, 0.29) is 23.3 Å². The van der Waals surface area contributed by atoms with Crippen molar-refractivity contribution in [3.05, 3.63) is 46.8 Å². The van der Waals surface area contributed by atoms with Crippen LogP contribution in [0.5, 0.6) is 0 Å². The van der Waals surface area contributed by atoms with Crippen molar-refractivity contribution in [2.24, 2.45) is 5.92 Å². The lowest BCUT2D eigenvalue weighted by atomic mass is 10.2. The molecular formula is C18H17F3N6O2. The SMILES string of the molecule is Cc1cnc(NC(=O)C2CC2)cc1Nc1cnc2ccn(CC(F)(F)F)c(=O)n12. The molecule has 8 nitrogen and oxygen atoms in total. The van der Waals surface area contributed by atoms with Crippen LogP contribution in [0.25, 0.3) is 5.65 Å². The van der Waals surface area contributed by atoms with Crippen LogP contribution in [0, 0.1) is 12.8 Å². The van der Waals surface area contributed by atoms with Gasteiger partial charge >= 0.3 is 11.9 Å². The van der Waals surface area contributed by atoms with Crippen molar-refractivity contribution in [2.45, 2.75) is 32.5 Å². The number of halogens is 3. The number of carbonyl (C=O) groups excluding carboxylic acids is 1. The van der Waals surface area contributed by atoms with Gasteiger partial charge in [-0.05, 0) is 31.4 Å². The van der Waals surface area contributed by atoms with E-state index in [1.807, 2.05) is 0 Å². The molecule has 3 aromatic heterocycles. The molecule has 1 saturated carbocycles. The summed E-state index contributed by atoms with van der Waals surface area (Å²) in [5.74, 6) is 0.464. The Balaban J connectivity index is 1.66. The van der Waals surface area contributed by atoms with Gasteiger partial charge in [-0.3, -0.25) is 9.36 Å². The van der Waals surface area contributed by atoms with Crippen molar-refractivity contribution >= 4 is 28.9 Å². The predicted molar refractivity (Wildman–Crippen MR) is 99.1 cm³/mol. The Bertz CT molecular complexity index is 1150. The van der Waals surface area contributed by atoms with Gasteiger partial charge < -0.3 is 10.6 Å². The van der Waals surface area contributed by atoms with Crippen LogP contribution in [-0.2, 0) is 11.3 Å². The second-order valence-corrected chi connectivity index (χ2v) is 6.95. The van der Waals surface area contributed by atoms with Crippen LogP contribution >= 0.6 is 0 Å². The number of hydrogen-bond donors (Lipinski definition) is 2. The molecule has 1 fully saturated rings. The van der Waals surface area contributed by atoms with E-state index in [1.54, 1.807) is 19.2 Å². The first-order valence-corrected chi connectivity index (χ1v) is 8.89. The van der Waals surface area contributed by atoms with Crippen LogP contribution in [0.1, 0.15) is 18.4 Å². The van der Waals surface area contributed by atoms with Crippen LogP contribution in [0.3, 0.4) is 0 Å². The van der Waals surface area contributed by atoms with Gasteiger partial charge in [0.05, 0.1) is 6.20 Å². The Morgan fingerprint density at radius 1 is 1.28 bits per heavy atom. The molecule has 11 heteroatoms. The fourth-order valence-corrected chi connectivity index (χ4v) is 2.87. The van der Waals surface area contributed by atoms with E-state index in [1.165, 1.54) is 12.3 Å². The fourth-order valence-electron chi connectivity index (χ4n) is 2.87. The molecule has 0 bridgehead atoms. The number of imidazole rings is 1.